The number of hydrogen-bond donors (Lipinski definition) is 3. The molecule has 0 radical (unpaired) electrons. The standard InChI is InChI=1S/C29H39ClF3N5O5/c1-16-9-12-37(25(16)39)14-21-23-17(10-13-38(21)26(40)18-6-4-5-11-28(18,2)27(41)42)19(30)7-8-22(23)43-15-20(34)24(36(3)35)29(31,32)33/h7-8,16,18,21H,4-6,9-15,34-35H2,1-3H3,(H,41,42)/b24-20-/t16-,18-,21+,28-/m0/s1. The van der Waals surface area contributed by atoms with Crippen LogP contribution in [0.2, 0.25) is 5.02 Å². The maximum atomic E-state index is 14.3. The molecular formula is C29H39ClF3N5O5. The molecule has 14 heteroatoms. The van der Waals surface area contributed by atoms with Crippen LogP contribution in [0, 0.1) is 17.3 Å². The van der Waals surface area contributed by atoms with Crippen molar-refractivity contribution < 1.29 is 37.4 Å². The minimum atomic E-state index is -4.83. The summed E-state index contributed by atoms with van der Waals surface area (Å²) in [5.74, 6) is 3.13. The number of likely N-dealkylation sites (tertiary alicyclic amines) is 1. The Balaban J connectivity index is 1.77. The summed E-state index contributed by atoms with van der Waals surface area (Å²) in [4.78, 5) is 42.9. The van der Waals surface area contributed by atoms with Crippen LogP contribution >= 0.6 is 11.6 Å². The Morgan fingerprint density at radius 3 is 2.51 bits per heavy atom. The summed E-state index contributed by atoms with van der Waals surface area (Å²) in [5.41, 5.74) is 3.75. The lowest BCUT2D eigenvalue weighted by Crippen LogP contribution is -2.52. The Bertz CT molecular complexity index is 1310. The number of nitrogens with two attached hydrogens (primary N) is 2. The van der Waals surface area contributed by atoms with Gasteiger partial charge in [0.2, 0.25) is 11.8 Å². The van der Waals surface area contributed by atoms with E-state index in [4.69, 9.17) is 27.9 Å². The van der Waals surface area contributed by atoms with Crippen LogP contribution in [0.25, 0.3) is 0 Å². The number of halogens is 4. The Kier molecular flexibility index (Phi) is 9.46. The van der Waals surface area contributed by atoms with Crippen LogP contribution in [0.5, 0.6) is 5.75 Å². The van der Waals surface area contributed by atoms with E-state index in [1.54, 1.807) is 22.8 Å². The normalized spacial score (nSPS) is 26.6. The summed E-state index contributed by atoms with van der Waals surface area (Å²) in [5, 5.41) is 10.9. The predicted molar refractivity (Wildman–Crippen MR) is 152 cm³/mol. The van der Waals surface area contributed by atoms with Gasteiger partial charge in [0.05, 0.1) is 23.1 Å². The molecule has 4 atom stereocenters. The van der Waals surface area contributed by atoms with E-state index >= 15 is 0 Å². The highest BCUT2D eigenvalue weighted by molar-refractivity contribution is 6.31. The molecule has 2 amide bonds. The average Bonchev–Trinajstić information content (AvgIpc) is 3.24. The number of ether oxygens (including phenoxy) is 1. The van der Waals surface area contributed by atoms with Crippen LogP contribution in [-0.4, -0.2) is 77.2 Å². The van der Waals surface area contributed by atoms with Gasteiger partial charge in [-0.2, -0.15) is 13.2 Å². The monoisotopic (exact) mass is 629 g/mol. The Morgan fingerprint density at radius 1 is 1.23 bits per heavy atom. The van der Waals surface area contributed by atoms with Crippen molar-refractivity contribution in [2.24, 2.45) is 28.8 Å². The second-order valence-corrected chi connectivity index (χ2v) is 12.4. The predicted octanol–water partition coefficient (Wildman–Crippen LogP) is 3.83. The van der Waals surface area contributed by atoms with Crippen LogP contribution in [-0.2, 0) is 20.8 Å². The molecule has 3 aliphatic rings. The number of benzene rings is 1. The first-order chi connectivity index (χ1) is 20.1. The summed E-state index contributed by atoms with van der Waals surface area (Å²) in [6.07, 6.45) is -1.72. The zero-order chi connectivity index (χ0) is 31.9. The average molecular weight is 630 g/mol. The number of aliphatic carboxylic acids is 1. The van der Waals surface area contributed by atoms with Crippen molar-refractivity contribution in [3.8, 4) is 5.75 Å². The third-order valence-corrected chi connectivity index (χ3v) is 9.47. The van der Waals surface area contributed by atoms with Crippen LogP contribution in [0.4, 0.5) is 13.2 Å². The van der Waals surface area contributed by atoms with Crippen molar-refractivity contribution >= 4 is 29.4 Å². The number of carboxylic acids is 1. The Morgan fingerprint density at radius 2 is 1.93 bits per heavy atom. The number of rotatable bonds is 8. The van der Waals surface area contributed by atoms with E-state index < -0.39 is 47.5 Å². The molecular weight excluding hydrogens is 591 g/mol. The van der Waals surface area contributed by atoms with Crippen LogP contribution in [0.15, 0.2) is 23.5 Å². The third-order valence-electron chi connectivity index (χ3n) is 9.12. The number of carbonyl (C=O) groups is 3. The molecule has 10 nitrogen and oxygen atoms in total. The first kappa shape index (κ1) is 32.7. The number of hydrogen-bond acceptors (Lipinski definition) is 7. The molecule has 0 spiro atoms. The van der Waals surface area contributed by atoms with Crippen LogP contribution in [0.3, 0.4) is 0 Å². The largest absolute Gasteiger partial charge is 0.487 e. The SMILES string of the molecule is C[C@H]1CCN(C[C@@H]2c3c(OC/C(N)=C(/N(C)N)C(F)(F)F)ccc(Cl)c3CCN2C(=O)[C@@H]2CCCC[C@]2(C)C(=O)O)C1=O. The minimum absolute atomic E-state index is 0.0787. The molecule has 4 rings (SSSR count). The van der Waals surface area contributed by atoms with Crippen molar-refractivity contribution in [1.29, 1.82) is 0 Å². The summed E-state index contributed by atoms with van der Waals surface area (Å²) in [6.45, 7) is 3.55. The fourth-order valence-corrected chi connectivity index (χ4v) is 6.92. The molecule has 2 fully saturated rings. The number of fused-ring (bicyclic) bond motifs is 1. The molecule has 1 saturated heterocycles. The van der Waals surface area contributed by atoms with E-state index in [1.165, 1.54) is 6.07 Å². The van der Waals surface area contributed by atoms with E-state index in [9.17, 15) is 32.7 Å². The lowest BCUT2D eigenvalue weighted by molar-refractivity contribution is -0.162. The molecule has 0 bridgehead atoms. The highest BCUT2D eigenvalue weighted by Gasteiger charge is 2.50. The van der Waals surface area contributed by atoms with Crippen molar-refractivity contribution in [2.75, 3.05) is 33.3 Å². The van der Waals surface area contributed by atoms with Crippen molar-refractivity contribution in [2.45, 2.75) is 64.6 Å². The second kappa shape index (κ2) is 12.4. The van der Waals surface area contributed by atoms with Gasteiger partial charge in [0.15, 0.2) is 5.70 Å². The lowest BCUT2D eigenvalue weighted by atomic mass is 9.66. The first-order valence-electron chi connectivity index (χ1n) is 14.4. The molecule has 2 aliphatic heterocycles. The lowest BCUT2D eigenvalue weighted by Gasteiger charge is -2.45. The van der Waals surface area contributed by atoms with Gasteiger partial charge in [-0.1, -0.05) is 31.4 Å². The van der Waals surface area contributed by atoms with Gasteiger partial charge in [-0.25, -0.2) is 5.84 Å². The number of carbonyl (C=O) groups excluding carboxylic acids is 2. The van der Waals surface area contributed by atoms with E-state index in [-0.39, 0.29) is 36.6 Å². The van der Waals surface area contributed by atoms with Gasteiger partial charge < -0.3 is 30.4 Å². The maximum Gasteiger partial charge on any atom is 0.434 e. The number of allylic oxidation sites excluding steroid dienone is 1. The minimum Gasteiger partial charge on any atom is -0.487 e. The maximum absolute atomic E-state index is 14.3. The molecule has 1 aliphatic carbocycles. The van der Waals surface area contributed by atoms with E-state index in [2.05, 4.69) is 0 Å². The van der Waals surface area contributed by atoms with Crippen molar-refractivity contribution in [3.63, 3.8) is 0 Å². The second-order valence-electron chi connectivity index (χ2n) is 12.0. The molecule has 0 unspecified atom stereocenters. The number of alkyl halides is 3. The fraction of sp³-hybridized carbons (Fsp3) is 0.621. The molecule has 2 heterocycles. The first-order valence-corrected chi connectivity index (χ1v) is 14.8. The third kappa shape index (κ3) is 6.38. The zero-order valence-electron chi connectivity index (χ0n) is 24.5. The number of amides is 2. The topological polar surface area (TPSA) is 142 Å². The van der Waals surface area contributed by atoms with Gasteiger partial charge in [-0.15, -0.1) is 0 Å². The van der Waals surface area contributed by atoms with Crippen LogP contribution in [0.1, 0.15) is 63.1 Å². The molecule has 5 N–H and O–H groups in total. The summed E-state index contributed by atoms with van der Waals surface area (Å²) < 4.78 is 46.7. The molecule has 43 heavy (non-hydrogen) atoms. The van der Waals surface area contributed by atoms with E-state index in [0.29, 0.717) is 66.2 Å². The number of hydrazine groups is 1. The van der Waals surface area contributed by atoms with Gasteiger partial charge in [-0.05, 0) is 50.3 Å². The summed E-state index contributed by atoms with van der Waals surface area (Å²) >= 11 is 6.60. The summed E-state index contributed by atoms with van der Waals surface area (Å²) in [6, 6.07) is 2.30. The van der Waals surface area contributed by atoms with Gasteiger partial charge in [0.1, 0.15) is 12.4 Å². The quantitative estimate of drug-likeness (QED) is 0.291. The van der Waals surface area contributed by atoms with E-state index in [0.717, 1.165) is 7.05 Å². The highest BCUT2D eigenvalue weighted by atomic mass is 35.5. The van der Waals surface area contributed by atoms with Crippen LogP contribution < -0.4 is 16.3 Å². The van der Waals surface area contributed by atoms with Gasteiger partial charge in [-0.3, -0.25) is 14.4 Å². The van der Waals surface area contributed by atoms with Crippen molar-refractivity contribution in [1.82, 2.24) is 14.8 Å². The fourth-order valence-electron chi connectivity index (χ4n) is 6.66. The zero-order valence-corrected chi connectivity index (χ0v) is 25.3. The smallest absolute Gasteiger partial charge is 0.434 e. The van der Waals surface area contributed by atoms with Gasteiger partial charge in [0.25, 0.3) is 0 Å². The van der Waals surface area contributed by atoms with Gasteiger partial charge >= 0.3 is 12.1 Å². The van der Waals surface area contributed by atoms with Gasteiger partial charge in [0, 0.05) is 43.2 Å². The summed E-state index contributed by atoms with van der Waals surface area (Å²) in [7, 11) is 1.02. The van der Waals surface area contributed by atoms with E-state index in [1.807, 2.05) is 6.92 Å². The molecule has 0 aromatic heterocycles. The molecule has 238 valence electrons. The Hall–Kier alpha value is -3.19. The number of nitrogens with zero attached hydrogens (tertiary/aromatic N) is 3. The number of carboxylic acid groups (broad SMARTS) is 1. The molecule has 1 saturated carbocycles. The van der Waals surface area contributed by atoms with Crippen molar-refractivity contribution in [3.05, 3.63) is 39.7 Å². The molecule has 1 aromatic rings. The highest BCUT2D eigenvalue weighted by Crippen LogP contribution is 2.46. The Labute approximate surface area is 253 Å². The molecule has 1 aromatic carbocycles.